The quantitative estimate of drug-likeness (QED) is 0.814. The normalized spacial score (nSPS) is 14.1. The molecule has 0 saturated carbocycles. The summed E-state index contributed by atoms with van der Waals surface area (Å²) in [6, 6.07) is 15.2. The van der Waals surface area contributed by atoms with Crippen LogP contribution in [-0.4, -0.2) is 28.4 Å². The molecule has 0 aliphatic carbocycles. The highest BCUT2D eigenvalue weighted by atomic mass is 16.4. The number of amides is 1. The van der Waals surface area contributed by atoms with Gasteiger partial charge in [-0.1, -0.05) is 36.4 Å². The van der Waals surface area contributed by atoms with Crippen LogP contribution in [0.2, 0.25) is 0 Å². The van der Waals surface area contributed by atoms with E-state index in [-0.39, 0.29) is 5.91 Å². The third-order valence-corrected chi connectivity index (χ3v) is 4.40. The van der Waals surface area contributed by atoms with Gasteiger partial charge in [-0.3, -0.25) is 4.79 Å². The smallest absolute Gasteiger partial charge is 0.335 e. The summed E-state index contributed by atoms with van der Waals surface area (Å²) < 4.78 is 0. The second kappa shape index (κ2) is 7.94. The largest absolute Gasteiger partial charge is 0.478 e. The van der Waals surface area contributed by atoms with Crippen molar-refractivity contribution in [2.75, 3.05) is 6.54 Å². The number of nitrogens with zero attached hydrogens (tertiary/aromatic N) is 1. The van der Waals surface area contributed by atoms with Gasteiger partial charge in [-0.05, 0) is 35.2 Å². The van der Waals surface area contributed by atoms with E-state index in [1.54, 1.807) is 18.2 Å². The van der Waals surface area contributed by atoms with Crippen molar-refractivity contribution in [2.24, 2.45) is 0 Å². The Kier molecular flexibility index (Phi) is 5.46. The molecule has 3 rings (SSSR count). The highest BCUT2D eigenvalue weighted by Gasteiger charge is 2.19. The van der Waals surface area contributed by atoms with Crippen LogP contribution in [0, 0.1) is 0 Å². The Balaban J connectivity index is 1.49. The third-order valence-electron chi connectivity index (χ3n) is 4.40. The topological polar surface area (TPSA) is 69.6 Å². The zero-order valence-electron chi connectivity index (χ0n) is 14.1. The van der Waals surface area contributed by atoms with Crippen molar-refractivity contribution in [1.82, 2.24) is 10.2 Å². The lowest BCUT2D eigenvalue weighted by Gasteiger charge is -2.15. The summed E-state index contributed by atoms with van der Waals surface area (Å²) in [6.07, 6.45) is 1.63. The summed E-state index contributed by atoms with van der Waals surface area (Å²) >= 11 is 0. The van der Waals surface area contributed by atoms with Gasteiger partial charge in [0, 0.05) is 32.6 Å². The monoisotopic (exact) mass is 338 g/mol. The first-order valence-electron chi connectivity index (χ1n) is 8.50. The van der Waals surface area contributed by atoms with E-state index in [1.807, 2.05) is 11.0 Å². The molecule has 1 aliphatic rings. The number of carbonyl (C=O) groups is 2. The van der Waals surface area contributed by atoms with Gasteiger partial charge < -0.3 is 15.3 Å². The Morgan fingerprint density at radius 3 is 2.44 bits per heavy atom. The summed E-state index contributed by atoms with van der Waals surface area (Å²) in [6.45, 7) is 2.87. The molecule has 1 saturated heterocycles. The van der Waals surface area contributed by atoms with Crippen LogP contribution in [0.4, 0.5) is 0 Å². The van der Waals surface area contributed by atoms with Crippen molar-refractivity contribution in [3.05, 3.63) is 70.8 Å². The van der Waals surface area contributed by atoms with E-state index in [2.05, 4.69) is 29.6 Å². The molecule has 0 unspecified atom stereocenters. The Hall–Kier alpha value is -2.66. The first-order chi connectivity index (χ1) is 12.1. The summed E-state index contributed by atoms with van der Waals surface area (Å²) in [5.41, 5.74) is 3.56. The fourth-order valence-corrected chi connectivity index (χ4v) is 3.02. The lowest BCUT2D eigenvalue weighted by atomic mass is 10.1. The van der Waals surface area contributed by atoms with Crippen molar-refractivity contribution < 1.29 is 14.7 Å². The fourth-order valence-electron chi connectivity index (χ4n) is 3.02. The molecule has 0 bridgehead atoms. The minimum atomic E-state index is -0.908. The summed E-state index contributed by atoms with van der Waals surface area (Å²) in [5, 5.41) is 12.3. The van der Waals surface area contributed by atoms with Crippen molar-refractivity contribution >= 4 is 11.9 Å². The molecule has 2 aromatic carbocycles. The first-order valence-corrected chi connectivity index (χ1v) is 8.50. The summed E-state index contributed by atoms with van der Waals surface area (Å²) in [7, 11) is 0. The molecule has 0 spiro atoms. The third kappa shape index (κ3) is 4.67. The van der Waals surface area contributed by atoms with Crippen molar-refractivity contribution in [2.45, 2.75) is 32.5 Å². The van der Waals surface area contributed by atoms with Crippen LogP contribution in [0.15, 0.2) is 48.5 Å². The molecule has 2 aromatic rings. The maximum atomic E-state index is 11.7. The average Bonchev–Trinajstić information content (AvgIpc) is 3.01. The van der Waals surface area contributed by atoms with Gasteiger partial charge >= 0.3 is 5.97 Å². The van der Waals surface area contributed by atoms with Gasteiger partial charge in [0.1, 0.15) is 0 Å². The molecular formula is C20H22N2O3. The molecule has 2 N–H and O–H groups in total. The predicted octanol–water partition coefficient (Wildman–Crippen LogP) is 2.80. The highest BCUT2D eigenvalue weighted by Crippen LogP contribution is 2.15. The van der Waals surface area contributed by atoms with Crippen LogP contribution in [0.25, 0.3) is 0 Å². The Morgan fingerprint density at radius 1 is 1.04 bits per heavy atom. The van der Waals surface area contributed by atoms with Crippen LogP contribution < -0.4 is 5.32 Å². The molecule has 25 heavy (non-hydrogen) atoms. The zero-order chi connectivity index (χ0) is 17.6. The number of likely N-dealkylation sites (tertiary alicyclic amines) is 1. The van der Waals surface area contributed by atoms with Gasteiger partial charge in [-0.15, -0.1) is 0 Å². The molecule has 0 radical (unpaired) electrons. The van der Waals surface area contributed by atoms with Crippen LogP contribution in [0.3, 0.4) is 0 Å². The van der Waals surface area contributed by atoms with Gasteiger partial charge in [0.2, 0.25) is 5.91 Å². The number of carboxylic acids is 1. The van der Waals surface area contributed by atoms with Gasteiger partial charge in [-0.25, -0.2) is 4.79 Å². The van der Waals surface area contributed by atoms with E-state index in [0.717, 1.165) is 29.7 Å². The first kappa shape index (κ1) is 17.2. The molecule has 1 heterocycles. The maximum absolute atomic E-state index is 11.7. The average molecular weight is 338 g/mol. The summed E-state index contributed by atoms with van der Waals surface area (Å²) in [4.78, 5) is 24.6. The number of benzene rings is 2. The Labute approximate surface area is 147 Å². The molecule has 0 aromatic heterocycles. The number of hydrogen-bond acceptors (Lipinski definition) is 3. The van der Waals surface area contributed by atoms with E-state index < -0.39 is 5.97 Å². The highest BCUT2D eigenvalue weighted by molar-refractivity contribution is 5.87. The van der Waals surface area contributed by atoms with Gasteiger partial charge in [0.25, 0.3) is 0 Å². The number of hydrogen-bond donors (Lipinski definition) is 2. The number of aromatic carboxylic acids is 1. The number of carboxylic acid groups (broad SMARTS) is 1. The Morgan fingerprint density at radius 2 is 1.76 bits per heavy atom. The fraction of sp³-hybridized carbons (Fsp3) is 0.300. The number of carbonyl (C=O) groups excluding carboxylic acids is 1. The van der Waals surface area contributed by atoms with E-state index in [4.69, 9.17) is 5.11 Å². The Bertz CT molecular complexity index is 756. The molecule has 1 aliphatic heterocycles. The van der Waals surface area contributed by atoms with Crippen molar-refractivity contribution in [3.63, 3.8) is 0 Å². The van der Waals surface area contributed by atoms with Crippen molar-refractivity contribution in [3.8, 4) is 0 Å². The van der Waals surface area contributed by atoms with E-state index in [1.165, 1.54) is 0 Å². The minimum Gasteiger partial charge on any atom is -0.478 e. The molecule has 1 fully saturated rings. The molecule has 1 amide bonds. The number of rotatable bonds is 7. The van der Waals surface area contributed by atoms with Crippen LogP contribution in [-0.2, 0) is 24.4 Å². The lowest BCUT2D eigenvalue weighted by molar-refractivity contribution is -0.128. The van der Waals surface area contributed by atoms with Crippen LogP contribution >= 0.6 is 0 Å². The molecule has 5 nitrogen and oxygen atoms in total. The maximum Gasteiger partial charge on any atom is 0.335 e. The van der Waals surface area contributed by atoms with Gasteiger partial charge in [0.15, 0.2) is 0 Å². The zero-order valence-corrected chi connectivity index (χ0v) is 14.1. The number of nitrogens with one attached hydrogen (secondary N) is 1. The SMILES string of the molecule is O=C(O)c1cccc(CNCc2ccc(CN3CCCC3=O)cc2)c1. The van der Waals surface area contributed by atoms with E-state index in [0.29, 0.717) is 31.6 Å². The standard InChI is InChI=1S/C20H22N2O3/c23-19-5-2-10-22(19)14-16-8-6-15(7-9-16)12-21-13-17-3-1-4-18(11-17)20(24)25/h1,3-4,6-9,11,21H,2,5,10,12-14H2,(H,24,25). The minimum absolute atomic E-state index is 0.245. The van der Waals surface area contributed by atoms with Gasteiger partial charge in [0.05, 0.1) is 5.56 Å². The van der Waals surface area contributed by atoms with E-state index in [9.17, 15) is 9.59 Å². The second-order valence-electron chi connectivity index (χ2n) is 6.34. The van der Waals surface area contributed by atoms with Crippen LogP contribution in [0.1, 0.15) is 39.9 Å². The summed E-state index contributed by atoms with van der Waals surface area (Å²) in [5.74, 6) is -0.664. The molecule has 130 valence electrons. The predicted molar refractivity (Wildman–Crippen MR) is 95.0 cm³/mol. The van der Waals surface area contributed by atoms with Gasteiger partial charge in [-0.2, -0.15) is 0 Å². The molecule has 0 atom stereocenters. The van der Waals surface area contributed by atoms with Crippen LogP contribution in [0.5, 0.6) is 0 Å². The lowest BCUT2D eigenvalue weighted by Crippen LogP contribution is -2.23. The second-order valence-corrected chi connectivity index (χ2v) is 6.34. The molecular weight excluding hydrogens is 316 g/mol. The van der Waals surface area contributed by atoms with Crippen molar-refractivity contribution in [1.29, 1.82) is 0 Å². The molecule has 5 heteroatoms. The van der Waals surface area contributed by atoms with E-state index >= 15 is 0 Å².